The van der Waals surface area contributed by atoms with Crippen LogP contribution in [0.25, 0.3) is 0 Å². The third kappa shape index (κ3) is 2.66. The van der Waals surface area contributed by atoms with Gasteiger partial charge in [0, 0.05) is 18.0 Å². The van der Waals surface area contributed by atoms with E-state index >= 15 is 0 Å². The highest BCUT2D eigenvalue weighted by atomic mass is 16.5. The summed E-state index contributed by atoms with van der Waals surface area (Å²) in [6.07, 6.45) is 6.25. The Kier molecular flexibility index (Phi) is 3.94. The maximum Gasteiger partial charge on any atom is 0.358 e. The minimum absolute atomic E-state index is 0.184. The first-order valence-corrected chi connectivity index (χ1v) is 7.64. The standard InChI is InChI=1S/C15H21N3O3/c1-21-15(20)13-11-7-8-18(9-12(11)16-17-13)14(19)10-5-3-2-4-6-10/h10H,2-9H2,1H3,(H,16,17). The molecule has 1 saturated carbocycles. The molecule has 1 N–H and O–H groups in total. The van der Waals surface area contributed by atoms with Gasteiger partial charge in [0.05, 0.1) is 19.3 Å². The second kappa shape index (κ2) is 5.87. The van der Waals surface area contributed by atoms with Gasteiger partial charge in [0.1, 0.15) is 0 Å². The third-order valence-corrected chi connectivity index (χ3v) is 4.58. The highest BCUT2D eigenvalue weighted by Gasteiger charge is 2.31. The first-order valence-electron chi connectivity index (χ1n) is 7.64. The predicted octanol–water partition coefficient (Wildman–Crippen LogP) is 1.66. The largest absolute Gasteiger partial charge is 0.464 e. The molecule has 6 heteroatoms. The highest BCUT2D eigenvalue weighted by Crippen LogP contribution is 2.28. The van der Waals surface area contributed by atoms with Gasteiger partial charge in [-0.05, 0) is 19.3 Å². The Morgan fingerprint density at radius 1 is 1.29 bits per heavy atom. The van der Waals surface area contributed by atoms with Crippen LogP contribution in [0.3, 0.4) is 0 Å². The zero-order chi connectivity index (χ0) is 14.8. The van der Waals surface area contributed by atoms with Crippen molar-refractivity contribution in [1.82, 2.24) is 15.1 Å². The number of methoxy groups -OCH3 is 1. The van der Waals surface area contributed by atoms with Crippen LogP contribution in [0.5, 0.6) is 0 Å². The first kappa shape index (κ1) is 14.1. The summed E-state index contributed by atoms with van der Waals surface area (Å²) in [4.78, 5) is 26.1. The fourth-order valence-electron chi connectivity index (χ4n) is 3.38. The second-order valence-electron chi connectivity index (χ2n) is 5.87. The topological polar surface area (TPSA) is 75.3 Å². The van der Waals surface area contributed by atoms with Crippen molar-refractivity contribution in [3.8, 4) is 0 Å². The van der Waals surface area contributed by atoms with Gasteiger partial charge in [-0.25, -0.2) is 4.79 Å². The van der Waals surface area contributed by atoms with E-state index in [0.29, 0.717) is 25.2 Å². The molecule has 2 heterocycles. The summed E-state index contributed by atoms with van der Waals surface area (Å²) >= 11 is 0. The average molecular weight is 291 g/mol. The van der Waals surface area contributed by atoms with Crippen molar-refractivity contribution in [3.63, 3.8) is 0 Å². The Hall–Kier alpha value is -1.85. The Morgan fingerprint density at radius 2 is 2.05 bits per heavy atom. The lowest BCUT2D eigenvalue weighted by molar-refractivity contribution is -0.137. The van der Waals surface area contributed by atoms with Crippen molar-refractivity contribution in [3.05, 3.63) is 17.0 Å². The van der Waals surface area contributed by atoms with Crippen LogP contribution in [-0.4, -0.2) is 40.6 Å². The predicted molar refractivity (Wildman–Crippen MR) is 75.6 cm³/mol. The number of ether oxygens (including phenoxy) is 1. The molecular weight excluding hydrogens is 270 g/mol. The number of carbonyl (C=O) groups is 2. The number of carbonyl (C=O) groups excluding carboxylic acids is 2. The van der Waals surface area contributed by atoms with Crippen molar-refractivity contribution < 1.29 is 14.3 Å². The fourth-order valence-corrected chi connectivity index (χ4v) is 3.38. The maximum atomic E-state index is 12.6. The van der Waals surface area contributed by atoms with Crippen molar-refractivity contribution >= 4 is 11.9 Å². The summed E-state index contributed by atoms with van der Waals surface area (Å²) in [5, 5.41) is 6.92. The fraction of sp³-hybridized carbons (Fsp3) is 0.667. The normalized spacial score (nSPS) is 19.2. The van der Waals surface area contributed by atoms with Crippen LogP contribution in [0.4, 0.5) is 0 Å². The SMILES string of the molecule is COC(=O)c1n[nH]c2c1CCN(C(=O)C1CCCCC1)C2. The molecule has 1 aliphatic heterocycles. The highest BCUT2D eigenvalue weighted by molar-refractivity contribution is 5.89. The summed E-state index contributed by atoms with van der Waals surface area (Å²) in [6, 6.07) is 0. The molecule has 21 heavy (non-hydrogen) atoms. The van der Waals surface area contributed by atoms with Crippen LogP contribution >= 0.6 is 0 Å². The Morgan fingerprint density at radius 3 is 2.76 bits per heavy atom. The number of nitrogens with zero attached hydrogens (tertiary/aromatic N) is 2. The quantitative estimate of drug-likeness (QED) is 0.841. The molecule has 1 aliphatic carbocycles. The minimum atomic E-state index is -0.417. The van der Waals surface area contributed by atoms with Crippen LogP contribution in [0.1, 0.15) is 53.8 Å². The monoisotopic (exact) mass is 291 g/mol. The van der Waals surface area contributed by atoms with E-state index in [-0.39, 0.29) is 11.8 Å². The van der Waals surface area contributed by atoms with Crippen molar-refractivity contribution in [1.29, 1.82) is 0 Å². The second-order valence-corrected chi connectivity index (χ2v) is 5.87. The molecule has 0 saturated heterocycles. The number of aromatic amines is 1. The number of esters is 1. The molecular formula is C15H21N3O3. The van der Waals surface area contributed by atoms with E-state index < -0.39 is 5.97 Å². The van der Waals surface area contributed by atoms with Crippen LogP contribution in [0.2, 0.25) is 0 Å². The summed E-state index contributed by atoms with van der Waals surface area (Å²) < 4.78 is 4.73. The van der Waals surface area contributed by atoms with Crippen molar-refractivity contribution in [2.45, 2.75) is 45.1 Å². The van der Waals surface area contributed by atoms with E-state index in [9.17, 15) is 9.59 Å². The van der Waals surface area contributed by atoms with Gasteiger partial charge in [-0.1, -0.05) is 19.3 Å². The first-order chi connectivity index (χ1) is 10.2. The molecule has 0 atom stereocenters. The zero-order valence-electron chi connectivity index (χ0n) is 12.4. The summed E-state index contributed by atoms with van der Waals surface area (Å²) in [7, 11) is 1.35. The number of fused-ring (bicyclic) bond motifs is 1. The molecule has 1 aromatic rings. The Labute approximate surface area is 123 Å². The molecule has 0 radical (unpaired) electrons. The number of nitrogens with one attached hydrogen (secondary N) is 1. The van der Waals surface area contributed by atoms with E-state index in [1.165, 1.54) is 13.5 Å². The molecule has 0 spiro atoms. The van der Waals surface area contributed by atoms with Gasteiger partial charge in [-0.2, -0.15) is 5.10 Å². The Balaban J connectivity index is 1.71. The molecule has 1 fully saturated rings. The smallest absolute Gasteiger partial charge is 0.358 e. The van der Waals surface area contributed by atoms with E-state index in [2.05, 4.69) is 10.2 Å². The molecule has 0 bridgehead atoms. The maximum absolute atomic E-state index is 12.6. The molecule has 1 aromatic heterocycles. The number of amides is 1. The summed E-state index contributed by atoms with van der Waals surface area (Å²) in [6.45, 7) is 1.18. The van der Waals surface area contributed by atoms with E-state index in [4.69, 9.17) is 4.74 Å². The van der Waals surface area contributed by atoms with Gasteiger partial charge in [-0.15, -0.1) is 0 Å². The molecule has 3 rings (SSSR count). The molecule has 0 aromatic carbocycles. The lowest BCUT2D eigenvalue weighted by Gasteiger charge is -2.31. The lowest BCUT2D eigenvalue weighted by atomic mass is 9.87. The number of hydrogen-bond acceptors (Lipinski definition) is 4. The average Bonchev–Trinajstić information content (AvgIpc) is 2.97. The zero-order valence-corrected chi connectivity index (χ0v) is 12.4. The van der Waals surface area contributed by atoms with Gasteiger partial charge in [0.25, 0.3) is 0 Å². The number of hydrogen-bond donors (Lipinski definition) is 1. The summed E-state index contributed by atoms with van der Waals surface area (Å²) in [5.74, 6) is 0.0254. The molecule has 2 aliphatic rings. The summed E-state index contributed by atoms with van der Waals surface area (Å²) in [5.41, 5.74) is 2.12. The van der Waals surface area contributed by atoms with Crippen LogP contribution in [-0.2, 0) is 22.5 Å². The van der Waals surface area contributed by atoms with Crippen LogP contribution in [0.15, 0.2) is 0 Å². The molecule has 6 nitrogen and oxygen atoms in total. The van der Waals surface area contributed by atoms with Gasteiger partial charge in [0.2, 0.25) is 5.91 Å². The van der Waals surface area contributed by atoms with E-state index in [1.54, 1.807) is 0 Å². The minimum Gasteiger partial charge on any atom is -0.464 e. The van der Waals surface area contributed by atoms with Crippen LogP contribution in [0, 0.1) is 5.92 Å². The van der Waals surface area contributed by atoms with E-state index in [0.717, 1.165) is 36.9 Å². The van der Waals surface area contributed by atoms with Gasteiger partial charge in [0.15, 0.2) is 5.69 Å². The number of H-pyrrole nitrogens is 1. The molecule has 114 valence electrons. The lowest BCUT2D eigenvalue weighted by Crippen LogP contribution is -2.40. The number of aromatic nitrogens is 2. The van der Waals surface area contributed by atoms with Gasteiger partial charge >= 0.3 is 5.97 Å². The third-order valence-electron chi connectivity index (χ3n) is 4.58. The molecule has 1 amide bonds. The Bertz CT molecular complexity index is 546. The van der Waals surface area contributed by atoms with Crippen molar-refractivity contribution in [2.24, 2.45) is 5.92 Å². The van der Waals surface area contributed by atoms with E-state index in [1.807, 2.05) is 4.90 Å². The number of rotatable bonds is 2. The van der Waals surface area contributed by atoms with Crippen molar-refractivity contribution in [2.75, 3.05) is 13.7 Å². The van der Waals surface area contributed by atoms with Gasteiger partial charge < -0.3 is 9.64 Å². The molecule has 0 unspecified atom stereocenters. The van der Waals surface area contributed by atoms with Gasteiger partial charge in [-0.3, -0.25) is 9.89 Å². The van der Waals surface area contributed by atoms with Crippen LogP contribution < -0.4 is 0 Å².